The van der Waals surface area contributed by atoms with E-state index in [0.29, 0.717) is 38.1 Å². The van der Waals surface area contributed by atoms with E-state index in [1.807, 2.05) is 43.3 Å². The predicted octanol–water partition coefficient (Wildman–Crippen LogP) is 2.91. The molecular weight excluding hydrogens is 328 g/mol. The lowest BCUT2D eigenvalue weighted by Crippen LogP contribution is -2.36. The Bertz CT molecular complexity index is 731. The third kappa shape index (κ3) is 5.81. The molecule has 0 spiro atoms. The summed E-state index contributed by atoms with van der Waals surface area (Å²) in [6.07, 6.45) is 3.45. The summed E-state index contributed by atoms with van der Waals surface area (Å²) < 4.78 is 11.2. The molecule has 0 atom stereocenters. The molecule has 0 saturated heterocycles. The van der Waals surface area contributed by atoms with Crippen LogP contribution in [0.5, 0.6) is 11.6 Å². The van der Waals surface area contributed by atoms with Gasteiger partial charge < -0.3 is 20.1 Å². The number of nitrogens with zero attached hydrogens (tertiary/aromatic N) is 2. The third-order valence-corrected chi connectivity index (χ3v) is 3.58. The van der Waals surface area contributed by atoms with Crippen molar-refractivity contribution in [1.29, 1.82) is 0 Å². The highest BCUT2D eigenvalue weighted by atomic mass is 16.5. The Hall–Kier alpha value is -3.02. The van der Waals surface area contributed by atoms with Crippen LogP contribution < -0.4 is 20.1 Å². The zero-order valence-corrected chi connectivity index (χ0v) is 15.4. The first-order valence-corrected chi connectivity index (χ1v) is 8.61. The average molecular weight is 354 g/mol. The Morgan fingerprint density at radius 1 is 1.12 bits per heavy atom. The van der Waals surface area contributed by atoms with Crippen LogP contribution in [0.15, 0.2) is 60.2 Å². The van der Waals surface area contributed by atoms with Crippen LogP contribution in [-0.4, -0.2) is 31.2 Å². The van der Waals surface area contributed by atoms with E-state index in [2.05, 4.69) is 27.2 Å². The van der Waals surface area contributed by atoms with E-state index in [9.17, 15) is 0 Å². The van der Waals surface area contributed by atoms with Gasteiger partial charge >= 0.3 is 0 Å². The van der Waals surface area contributed by atoms with Gasteiger partial charge in [-0.15, -0.1) is 0 Å². The van der Waals surface area contributed by atoms with E-state index in [4.69, 9.17) is 9.47 Å². The van der Waals surface area contributed by atoms with Crippen LogP contribution in [0.4, 0.5) is 0 Å². The standard InChI is InChI=1S/C20H26N4O2/c1-4-13-26-18-11-7-6-9-16(18)14-23-20(21-3)24-15-17-10-8-12-22-19(17)25-5-2/h4,6-12H,1,5,13-15H2,2-3H3,(H2,21,23,24). The van der Waals surface area contributed by atoms with Gasteiger partial charge in [-0.25, -0.2) is 4.98 Å². The van der Waals surface area contributed by atoms with Crippen LogP contribution in [0, 0.1) is 0 Å². The number of aliphatic imine (C=N–C) groups is 1. The number of hydrogen-bond acceptors (Lipinski definition) is 4. The van der Waals surface area contributed by atoms with E-state index in [1.165, 1.54) is 0 Å². The number of para-hydroxylation sites is 1. The van der Waals surface area contributed by atoms with E-state index < -0.39 is 0 Å². The summed E-state index contributed by atoms with van der Waals surface area (Å²) in [6, 6.07) is 11.8. The molecule has 0 amide bonds. The first kappa shape index (κ1) is 19.3. The van der Waals surface area contributed by atoms with Crippen molar-refractivity contribution in [3.8, 4) is 11.6 Å². The molecule has 0 aliphatic heterocycles. The van der Waals surface area contributed by atoms with Gasteiger partial charge in [-0.3, -0.25) is 4.99 Å². The lowest BCUT2D eigenvalue weighted by atomic mass is 10.2. The average Bonchev–Trinajstić information content (AvgIpc) is 2.68. The van der Waals surface area contributed by atoms with Gasteiger partial charge in [0.1, 0.15) is 12.4 Å². The highest BCUT2D eigenvalue weighted by molar-refractivity contribution is 5.79. The van der Waals surface area contributed by atoms with Gasteiger partial charge in [0.15, 0.2) is 5.96 Å². The molecular formula is C20H26N4O2. The summed E-state index contributed by atoms with van der Waals surface area (Å²) in [4.78, 5) is 8.52. The number of nitrogens with one attached hydrogen (secondary N) is 2. The van der Waals surface area contributed by atoms with E-state index in [0.717, 1.165) is 16.9 Å². The Kier molecular flexibility index (Phi) is 7.99. The summed E-state index contributed by atoms with van der Waals surface area (Å²) >= 11 is 0. The molecule has 26 heavy (non-hydrogen) atoms. The van der Waals surface area contributed by atoms with Gasteiger partial charge in [0.05, 0.1) is 6.61 Å². The maximum Gasteiger partial charge on any atom is 0.218 e. The van der Waals surface area contributed by atoms with Crippen molar-refractivity contribution >= 4 is 5.96 Å². The van der Waals surface area contributed by atoms with Crippen molar-refractivity contribution < 1.29 is 9.47 Å². The zero-order chi connectivity index (χ0) is 18.6. The van der Waals surface area contributed by atoms with Crippen molar-refractivity contribution in [2.75, 3.05) is 20.3 Å². The highest BCUT2D eigenvalue weighted by Crippen LogP contribution is 2.17. The van der Waals surface area contributed by atoms with Crippen molar-refractivity contribution in [2.45, 2.75) is 20.0 Å². The summed E-state index contributed by atoms with van der Waals surface area (Å²) in [7, 11) is 1.74. The molecule has 0 aliphatic rings. The molecule has 6 heteroatoms. The molecule has 0 saturated carbocycles. The Balaban J connectivity index is 1.94. The van der Waals surface area contributed by atoms with Crippen molar-refractivity contribution in [3.63, 3.8) is 0 Å². The Morgan fingerprint density at radius 3 is 2.58 bits per heavy atom. The maximum absolute atomic E-state index is 5.68. The van der Waals surface area contributed by atoms with Crippen molar-refractivity contribution in [2.24, 2.45) is 4.99 Å². The molecule has 2 rings (SSSR count). The number of aromatic nitrogens is 1. The number of guanidine groups is 1. The molecule has 0 fully saturated rings. The Morgan fingerprint density at radius 2 is 1.85 bits per heavy atom. The van der Waals surface area contributed by atoms with E-state index in [1.54, 1.807) is 19.3 Å². The summed E-state index contributed by atoms with van der Waals surface area (Å²) in [5.74, 6) is 2.16. The molecule has 2 N–H and O–H groups in total. The zero-order valence-electron chi connectivity index (χ0n) is 15.4. The van der Waals surface area contributed by atoms with Gasteiger partial charge in [0.2, 0.25) is 5.88 Å². The topological polar surface area (TPSA) is 67.8 Å². The molecule has 0 unspecified atom stereocenters. The molecule has 0 radical (unpaired) electrons. The first-order valence-electron chi connectivity index (χ1n) is 8.61. The number of benzene rings is 1. The fraction of sp³-hybridized carbons (Fsp3) is 0.300. The fourth-order valence-corrected chi connectivity index (χ4v) is 2.34. The van der Waals surface area contributed by atoms with Gasteiger partial charge in [0.25, 0.3) is 0 Å². The maximum atomic E-state index is 5.68. The molecule has 1 aromatic carbocycles. The number of rotatable bonds is 9. The molecule has 6 nitrogen and oxygen atoms in total. The van der Waals surface area contributed by atoms with Gasteiger partial charge in [-0.2, -0.15) is 0 Å². The molecule has 1 aromatic heterocycles. The van der Waals surface area contributed by atoms with E-state index in [-0.39, 0.29) is 0 Å². The molecule has 1 heterocycles. The van der Waals surface area contributed by atoms with Crippen LogP contribution >= 0.6 is 0 Å². The largest absolute Gasteiger partial charge is 0.489 e. The number of pyridine rings is 1. The van der Waals surface area contributed by atoms with Crippen LogP contribution in [0.25, 0.3) is 0 Å². The monoisotopic (exact) mass is 354 g/mol. The minimum Gasteiger partial charge on any atom is -0.489 e. The van der Waals surface area contributed by atoms with Crippen LogP contribution in [0.3, 0.4) is 0 Å². The predicted molar refractivity (Wildman–Crippen MR) is 105 cm³/mol. The Labute approximate surface area is 155 Å². The summed E-state index contributed by atoms with van der Waals surface area (Å²) in [5.41, 5.74) is 2.03. The highest BCUT2D eigenvalue weighted by Gasteiger charge is 2.07. The minimum atomic E-state index is 0.477. The first-order chi connectivity index (χ1) is 12.8. The lowest BCUT2D eigenvalue weighted by molar-refractivity contribution is 0.322. The number of ether oxygens (including phenoxy) is 2. The normalized spacial score (nSPS) is 10.9. The van der Waals surface area contributed by atoms with Crippen LogP contribution in [-0.2, 0) is 13.1 Å². The SMILES string of the molecule is C=CCOc1ccccc1CNC(=NC)NCc1cccnc1OCC. The fourth-order valence-electron chi connectivity index (χ4n) is 2.34. The van der Waals surface area contributed by atoms with Gasteiger partial charge in [-0.1, -0.05) is 36.9 Å². The second kappa shape index (κ2) is 10.8. The molecule has 0 bridgehead atoms. The molecule has 0 aliphatic carbocycles. The smallest absolute Gasteiger partial charge is 0.218 e. The van der Waals surface area contributed by atoms with Crippen LogP contribution in [0.2, 0.25) is 0 Å². The summed E-state index contributed by atoms with van der Waals surface area (Å²) in [6.45, 7) is 7.85. The lowest BCUT2D eigenvalue weighted by Gasteiger charge is -2.15. The molecule has 2 aromatic rings. The van der Waals surface area contributed by atoms with Crippen molar-refractivity contribution in [1.82, 2.24) is 15.6 Å². The second-order valence-corrected chi connectivity index (χ2v) is 5.39. The quantitative estimate of drug-likeness (QED) is 0.412. The summed E-state index contributed by atoms with van der Waals surface area (Å²) in [5, 5.41) is 6.58. The number of hydrogen-bond donors (Lipinski definition) is 2. The van der Waals surface area contributed by atoms with Gasteiger partial charge in [0, 0.05) is 37.5 Å². The third-order valence-electron chi connectivity index (χ3n) is 3.58. The van der Waals surface area contributed by atoms with E-state index >= 15 is 0 Å². The van der Waals surface area contributed by atoms with Crippen molar-refractivity contribution in [3.05, 3.63) is 66.4 Å². The minimum absolute atomic E-state index is 0.477. The second-order valence-electron chi connectivity index (χ2n) is 5.39. The van der Waals surface area contributed by atoms with Gasteiger partial charge in [-0.05, 0) is 19.1 Å². The molecule has 138 valence electrons. The van der Waals surface area contributed by atoms with Crippen LogP contribution in [0.1, 0.15) is 18.1 Å².